The average Bonchev–Trinajstić information content (AvgIpc) is 2.84. The summed E-state index contributed by atoms with van der Waals surface area (Å²) in [6.07, 6.45) is 3.89. The molecule has 0 saturated heterocycles. The topological polar surface area (TPSA) is 66.5 Å². The van der Waals surface area contributed by atoms with Crippen molar-refractivity contribution in [3.05, 3.63) is 28.5 Å². The Kier molecular flexibility index (Phi) is 4.07. The number of carbonyl (C=O) groups excluding carboxylic acids is 1. The lowest BCUT2D eigenvalue weighted by atomic mass is 10.2. The van der Waals surface area contributed by atoms with Crippen molar-refractivity contribution in [3.8, 4) is 0 Å². The molecule has 2 rings (SSSR count). The Labute approximate surface area is 117 Å². The molecule has 1 atom stereocenters. The number of carbonyl (C=O) groups is 1. The molecule has 0 aliphatic carbocycles. The van der Waals surface area contributed by atoms with Gasteiger partial charge in [-0.25, -0.2) is 8.42 Å². The quantitative estimate of drug-likeness (QED) is 0.860. The van der Waals surface area contributed by atoms with Crippen LogP contribution >= 0.6 is 11.3 Å². The minimum atomic E-state index is -3.38. The van der Waals surface area contributed by atoms with Crippen molar-refractivity contribution in [2.75, 3.05) is 13.6 Å². The molecule has 1 N–H and O–H groups in total. The predicted molar refractivity (Wildman–Crippen MR) is 74.4 cm³/mol. The Bertz CT molecular complexity index is 604. The first kappa shape index (κ1) is 14.2. The predicted octanol–water partition coefficient (Wildman–Crippen LogP) is 1.51. The SMILES string of the molecule is C/C=C/CC(=O)N[C@@H]1CN(C)S(=O)(=O)c2ccsc21. The monoisotopic (exact) mass is 300 g/mol. The number of nitrogens with zero attached hydrogens (tertiary/aromatic N) is 1. The van der Waals surface area contributed by atoms with E-state index in [2.05, 4.69) is 5.32 Å². The highest BCUT2D eigenvalue weighted by Gasteiger charge is 2.36. The molecule has 0 aromatic carbocycles. The standard InChI is InChI=1S/C12H16N2O3S2/c1-3-4-5-11(15)13-9-8-14(2)19(16,17)10-6-7-18-12(9)10/h3-4,6-7,9H,5,8H2,1-2H3,(H,13,15)/b4-3+/t9-/m1/s1. The highest BCUT2D eigenvalue weighted by molar-refractivity contribution is 7.89. The zero-order valence-electron chi connectivity index (χ0n) is 10.8. The Balaban J connectivity index is 2.23. The molecule has 0 radical (unpaired) electrons. The van der Waals surface area contributed by atoms with Gasteiger partial charge >= 0.3 is 0 Å². The summed E-state index contributed by atoms with van der Waals surface area (Å²) in [6.45, 7) is 2.13. The lowest BCUT2D eigenvalue weighted by Crippen LogP contribution is -2.42. The fraction of sp³-hybridized carbons (Fsp3) is 0.417. The maximum atomic E-state index is 12.1. The molecule has 7 heteroatoms. The number of likely N-dealkylation sites (N-methyl/N-ethyl adjacent to an activating group) is 1. The molecule has 0 fully saturated rings. The maximum Gasteiger partial charge on any atom is 0.244 e. The second kappa shape index (κ2) is 5.44. The van der Waals surface area contributed by atoms with E-state index in [1.54, 1.807) is 17.5 Å². The molecule has 0 bridgehead atoms. The van der Waals surface area contributed by atoms with Crippen molar-refractivity contribution in [3.63, 3.8) is 0 Å². The fourth-order valence-electron chi connectivity index (χ4n) is 1.97. The van der Waals surface area contributed by atoms with Gasteiger partial charge in [-0.3, -0.25) is 4.79 Å². The Morgan fingerprint density at radius 2 is 2.37 bits per heavy atom. The maximum absolute atomic E-state index is 12.1. The fourth-order valence-corrected chi connectivity index (χ4v) is 4.67. The number of thiophene rings is 1. The second-order valence-corrected chi connectivity index (χ2v) is 7.29. The third kappa shape index (κ3) is 2.72. The summed E-state index contributed by atoms with van der Waals surface area (Å²) in [5, 5.41) is 4.62. The van der Waals surface area contributed by atoms with E-state index in [0.29, 0.717) is 16.2 Å². The molecule has 1 aliphatic heterocycles. The molecule has 1 aliphatic rings. The zero-order valence-corrected chi connectivity index (χ0v) is 12.4. The van der Waals surface area contributed by atoms with Crippen molar-refractivity contribution in [1.29, 1.82) is 0 Å². The van der Waals surface area contributed by atoms with E-state index in [-0.39, 0.29) is 18.5 Å². The summed E-state index contributed by atoms with van der Waals surface area (Å²) in [4.78, 5) is 12.8. The minimum absolute atomic E-state index is 0.102. The van der Waals surface area contributed by atoms with Gasteiger partial charge < -0.3 is 5.32 Å². The number of allylic oxidation sites excluding steroid dienone is 1. The molecule has 0 spiro atoms. The van der Waals surface area contributed by atoms with E-state index in [0.717, 1.165) is 0 Å². The van der Waals surface area contributed by atoms with Gasteiger partial charge in [0.15, 0.2) is 0 Å². The summed E-state index contributed by atoms with van der Waals surface area (Å²) < 4.78 is 25.4. The molecule has 1 aromatic heterocycles. The Morgan fingerprint density at radius 1 is 1.63 bits per heavy atom. The van der Waals surface area contributed by atoms with Crippen LogP contribution in [0.3, 0.4) is 0 Å². The minimum Gasteiger partial charge on any atom is -0.347 e. The first-order valence-electron chi connectivity index (χ1n) is 5.91. The van der Waals surface area contributed by atoms with Crippen LogP contribution in [0.5, 0.6) is 0 Å². The molecule has 104 valence electrons. The molecule has 1 aromatic rings. The first-order chi connectivity index (χ1) is 8.96. The Morgan fingerprint density at radius 3 is 3.05 bits per heavy atom. The van der Waals surface area contributed by atoms with Crippen molar-refractivity contribution < 1.29 is 13.2 Å². The van der Waals surface area contributed by atoms with Gasteiger partial charge in [0, 0.05) is 24.9 Å². The van der Waals surface area contributed by atoms with E-state index in [4.69, 9.17) is 0 Å². The molecule has 0 unspecified atom stereocenters. The number of nitrogens with one attached hydrogen (secondary N) is 1. The van der Waals surface area contributed by atoms with Gasteiger partial charge in [0.1, 0.15) is 0 Å². The van der Waals surface area contributed by atoms with Gasteiger partial charge in [-0.2, -0.15) is 4.31 Å². The van der Waals surface area contributed by atoms with Crippen LogP contribution in [0.1, 0.15) is 24.3 Å². The average molecular weight is 300 g/mol. The third-order valence-electron chi connectivity index (χ3n) is 2.98. The molecular formula is C12H16N2O3S2. The van der Waals surface area contributed by atoms with Gasteiger partial charge in [0.25, 0.3) is 0 Å². The number of amides is 1. The van der Waals surface area contributed by atoms with Gasteiger partial charge in [-0.15, -0.1) is 11.3 Å². The lowest BCUT2D eigenvalue weighted by Gasteiger charge is -2.29. The summed E-state index contributed by atoms with van der Waals surface area (Å²) in [5.41, 5.74) is 0. The molecule has 0 saturated carbocycles. The van der Waals surface area contributed by atoms with Crippen molar-refractivity contribution in [2.45, 2.75) is 24.3 Å². The van der Waals surface area contributed by atoms with E-state index >= 15 is 0 Å². The van der Waals surface area contributed by atoms with E-state index < -0.39 is 10.0 Å². The molecular weight excluding hydrogens is 284 g/mol. The van der Waals surface area contributed by atoms with E-state index in [1.807, 2.05) is 13.0 Å². The third-order valence-corrected chi connectivity index (χ3v) is 6.02. The van der Waals surface area contributed by atoms with E-state index in [9.17, 15) is 13.2 Å². The Hall–Kier alpha value is -1.18. The van der Waals surface area contributed by atoms with Crippen molar-refractivity contribution in [2.24, 2.45) is 0 Å². The van der Waals surface area contributed by atoms with Crippen molar-refractivity contribution >= 4 is 27.3 Å². The van der Waals surface area contributed by atoms with Crippen LogP contribution < -0.4 is 5.32 Å². The van der Waals surface area contributed by atoms with Gasteiger partial charge in [0.2, 0.25) is 15.9 Å². The molecule has 2 heterocycles. The number of rotatable bonds is 3. The van der Waals surface area contributed by atoms with Gasteiger partial charge in [-0.05, 0) is 18.4 Å². The van der Waals surface area contributed by atoms with Gasteiger partial charge in [-0.1, -0.05) is 12.2 Å². The van der Waals surface area contributed by atoms with Crippen LogP contribution in [0.25, 0.3) is 0 Å². The summed E-state index contributed by atoms with van der Waals surface area (Å²) in [5.74, 6) is -0.102. The highest BCUT2D eigenvalue weighted by atomic mass is 32.2. The van der Waals surface area contributed by atoms with Crippen LogP contribution in [0, 0.1) is 0 Å². The summed E-state index contributed by atoms with van der Waals surface area (Å²) in [7, 11) is -1.86. The van der Waals surface area contributed by atoms with Crippen molar-refractivity contribution in [1.82, 2.24) is 9.62 Å². The first-order valence-corrected chi connectivity index (χ1v) is 8.23. The van der Waals surface area contributed by atoms with E-state index in [1.165, 1.54) is 22.7 Å². The number of hydrogen-bond acceptors (Lipinski definition) is 4. The van der Waals surface area contributed by atoms with Crippen LogP contribution in [0.15, 0.2) is 28.5 Å². The van der Waals surface area contributed by atoms with Crippen LogP contribution in [-0.4, -0.2) is 32.2 Å². The number of hydrogen-bond donors (Lipinski definition) is 1. The van der Waals surface area contributed by atoms with Gasteiger partial charge in [0.05, 0.1) is 10.9 Å². The highest BCUT2D eigenvalue weighted by Crippen LogP contribution is 2.35. The smallest absolute Gasteiger partial charge is 0.244 e. The summed E-state index contributed by atoms with van der Waals surface area (Å²) >= 11 is 1.37. The second-order valence-electron chi connectivity index (χ2n) is 4.33. The molecule has 1 amide bonds. The number of sulfonamides is 1. The van der Waals surface area contributed by atoms with Crippen LogP contribution in [0.4, 0.5) is 0 Å². The van der Waals surface area contributed by atoms with Crippen LogP contribution in [0.2, 0.25) is 0 Å². The lowest BCUT2D eigenvalue weighted by molar-refractivity contribution is -0.121. The normalized spacial score (nSPS) is 22.3. The molecule has 19 heavy (non-hydrogen) atoms. The summed E-state index contributed by atoms with van der Waals surface area (Å²) in [6, 6.07) is 1.33. The number of fused-ring (bicyclic) bond motifs is 1. The zero-order chi connectivity index (χ0) is 14.0. The van der Waals surface area contributed by atoms with Crippen LogP contribution in [-0.2, 0) is 14.8 Å². The molecule has 5 nitrogen and oxygen atoms in total. The largest absolute Gasteiger partial charge is 0.347 e.